The maximum Gasteiger partial charge on any atom is 0.0716 e. The first-order chi connectivity index (χ1) is 15.5. The molecular weight excluding hydrogens is 386 g/mol. The molecule has 0 saturated carbocycles. The summed E-state index contributed by atoms with van der Waals surface area (Å²) in [4.78, 5) is 5.12. The summed E-state index contributed by atoms with van der Waals surface area (Å²) in [6.07, 6.45) is 0. The molecule has 1 nitrogen and oxygen atoms in total. The van der Waals surface area contributed by atoms with Gasteiger partial charge in [-0.2, -0.15) is 0 Å². The van der Waals surface area contributed by atoms with Crippen molar-refractivity contribution in [1.82, 2.24) is 4.98 Å². The van der Waals surface area contributed by atoms with Gasteiger partial charge in [-0.05, 0) is 61.5 Å². The Kier molecular flexibility index (Phi) is 4.10. The van der Waals surface area contributed by atoms with Crippen LogP contribution in [0, 0.1) is 0 Å². The molecule has 0 aliphatic heterocycles. The fourth-order valence-electron chi connectivity index (χ4n) is 4.83. The van der Waals surface area contributed by atoms with Crippen molar-refractivity contribution in [3.63, 3.8) is 0 Å². The minimum absolute atomic E-state index is 0.141. The Bertz CT molecular complexity index is 1650. The molecule has 0 fully saturated rings. The van der Waals surface area contributed by atoms with Crippen LogP contribution in [-0.2, 0) is 5.41 Å². The molecule has 1 heteroatoms. The number of benzene rings is 5. The number of nitrogens with zero attached hydrogens (tertiary/aromatic N) is 1. The fraction of sp³-hybridized carbons (Fsp3) is 0.129. The topological polar surface area (TPSA) is 12.9 Å². The second kappa shape index (κ2) is 6.90. The minimum atomic E-state index is 0.141. The first-order valence-electron chi connectivity index (χ1n) is 11.2. The molecule has 0 amide bonds. The van der Waals surface area contributed by atoms with Crippen LogP contribution in [0.25, 0.3) is 54.5 Å². The first kappa shape index (κ1) is 19.0. The monoisotopic (exact) mass is 411 g/mol. The molecule has 5 aromatic carbocycles. The molecule has 0 radical (unpaired) electrons. The van der Waals surface area contributed by atoms with E-state index in [4.69, 9.17) is 4.98 Å². The zero-order valence-corrected chi connectivity index (χ0v) is 18.7. The van der Waals surface area contributed by atoms with Crippen LogP contribution in [0.3, 0.4) is 0 Å². The maximum atomic E-state index is 5.12. The van der Waals surface area contributed by atoms with Gasteiger partial charge in [0.25, 0.3) is 0 Å². The second-order valence-corrected chi connectivity index (χ2v) is 9.71. The van der Waals surface area contributed by atoms with E-state index in [9.17, 15) is 0 Å². The maximum absolute atomic E-state index is 5.12. The van der Waals surface area contributed by atoms with E-state index in [2.05, 4.69) is 118 Å². The molecule has 0 unspecified atom stereocenters. The average Bonchev–Trinajstić information content (AvgIpc) is 2.82. The molecule has 6 rings (SSSR count). The van der Waals surface area contributed by atoms with Gasteiger partial charge in [0.15, 0.2) is 0 Å². The molecule has 0 aliphatic rings. The van der Waals surface area contributed by atoms with Gasteiger partial charge in [0.05, 0.1) is 11.2 Å². The molecular formula is C31H25N. The van der Waals surface area contributed by atoms with Crippen LogP contribution >= 0.6 is 0 Å². The Morgan fingerprint density at radius 3 is 2.00 bits per heavy atom. The lowest BCUT2D eigenvalue weighted by atomic mass is 9.85. The number of aromatic nitrogens is 1. The van der Waals surface area contributed by atoms with Crippen molar-refractivity contribution in [3.05, 3.63) is 103 Å². The van der Waals surface area contributed by atoms with Crippen LogP contribution in [0.15, 0.2) is 97.1 Å². The Hall–Kier alpha value is -3.71. The third-order valence-electron chi connectivity index (χ3n) is 6.60. The smallest absolute Gasteiger partial charge is 0.0716 e. The quantitative estimate of drug-likeness (QED) is 0.247. The van der Waals surface area contributed by atoms with Gasteiger partial charge >= 0.3 is 0 Å². The minimum Gasteiger partial charge on any atom is -0.248 e. The van der Waals surface area contributed by atoms with Gasteiger partial charge in [0.1, 0.15) is 0 Å². The van der Waals surface area contributed by atoms with E-state index in [1.165, 1.54) is 48.8 Å². The molecule has 1 aromatic heterocycles. The van der Waals surface area contributed by atoms with Crippen molar-refractivity contribution in [1.29, 1.82) is 0 Å². The third-order valence-corrected chi connectivity index (χ3v) is 6.60. The van der Waals surface area contributed by atoms with Gasteiger partial charge in [0.2, 0.25) is 0 Å². The van der Waals surface area contributed by atoms with Crippen LogP contribution in [0.4, 0.5) is 0 Å². The van der Waals surface area contributed by atoms with E-state index < -0.39 is 0 Å². The van der Waals surface area contributed by atoms with E-state index in [-0.39, 0.29) is 5.41 Å². The summed E-state index contributed by atoms with van der Waals surface area (Å²) in [6.45, 7) is 6.78. The lowest BCUT2D eigenvalue weighted by Crippen LogP contribution is -2.10. The molecule has 0 aliphatic carbocycles. The van der Waals surface area contributed by atoms with Crippen molar-refractivity contribution in [3.8, 4) is 11.3 Å². The third kappa shape index (κ3) is 2.97. The van der Waals surface area contributed by atoms with E-state index >= 15 is 0 Å². The summed E-state index contributed by atoms with van der Waals surface area (Å²) in [6, 6.07) is 35.1. The van der Waals surface area contributed by atoms with Gasteiger partial charge in [0, 0.05) is 10.9 Å². The molecule has 0 spiro atoms. The molecule has 32 heavy (non-hydrogen) atoms. The van der Waals surface area contributed by atoms with Crippen molar-refractivity contribution >= 4 is 43.2 Å². The first-order valence-corrected chi connectivity index (χ1v) is 11.2. The van der Waals surface area contributed by atoms with Crippen LogP contribution in [0.1, 0.15) is 26.3 Å². The lowest BCUT2D eigenvalue weighted by molar-refractivity contribution is 0.591. The number of fused-ring (bicyclic) bond motifs is 6. The largest absolute Gasteiger partial charge is 0.248 e. The summed E-state index contributed by atoms with van der Waals surface area (Å²) in [5.41, 5.74) is 4.74. The number of hydrogen-bond donors (Lipinski definition) is 0. The number of pyridine rings is 1. The van der Waals surface area contributed by atoms with Gasteiger partial charge in [-0.3, -0.25) is 0 Å². The Balaban J connectivity index is 1.59. The summed E-state index contributed by atoms with van der Waals surface area (Å²) in [5.74, 6) is 0. The van der Waals surface area contributed by atoms with Crippen LogP contribution < -0.4 is 0 Å². The van der Waals surface area contributed by atoms with Crippen molar-refractivity contribution < 1.29 is 0 Å². The van der Waals surface area contributed by atoms with Gasteiger partial charge in [-0.15, -0.1) is 0 Å². The van der Waals surface area contributed by atoms with Gasteiger partial charge in [-0.1, -0.05) is 99.6 Å². The predicted octanol–water partition coefficient (Wildman–Crippen LogP) is 8.66. The molecule has 0 atom stereocenters. The molecule has 0 N–H and O–H groups in total. The van der Waals surface area contributed by atoms with Gasteiger partial charge < -0.3 is 0 Å². The van der Waals surface area contributed by atoms with E-state index in [1.54, 1.807) is 0 Å². The highest BCUT2D eigenvalue weighted by Gasteiger charge is 2.15. The summed E-state index contributed by atoms with van der Waals surface area (Å²) >= 11 is 0. The van der Waals surface area contributed by atoms with Gasteiger partial charge in [-0.25, -0.2) is 4.98 Å². The second-order valence-electron chi connectivity index (χ2n) is 9.71. The number of rotatable bonds is 1. The summed E-state index contributed by atoms with van der Waals surface area (Å²) in [5, 5.41) is 8.79. The van der Waals surface area contributed by atoms with E-state index in [0.29, 0.717) is 0 Å². The predicted molar refractivity (Wildman–Crippen MR) is 138 cm³/mol. The zero-order valence-electron chi connectivity index (χ0n) is 18.7. The average molecular weight is 412 g/mol. The van der Waals surface area contributed by atoms with Crippen LogP contribution in [-0.4, -0.2) is 4.98 Å². The highest BCUT2D eigenvalue weighted by Crippen LogP contribution is 2.36. The van der Waals surface area contributed by atoms with Crippen LogP contribution in [0.5, 0.6) is 0 Å². The Morgan fingerprint density at radius 2 is 1.19 bits per heavy atom. The Labute approximate surface area is 188 Å². The lowest BCUT2D eigenvalue weighted by Gasteiger charge is -2.19. The van der Waals surface area contributed by atoms with Crippen LogP contribution in [0.2, 0.25) is 0 Å². The normalized spacial score (nSPS) is 12.2. The highest BCUT2D eigenvalue weighted by atomic mass is 14.7. The molecule has 154 valence electrons. The summed E-state index contributed by atoms with van der Waals surface area (Å²) in [7, 11) is 0. The molecule has 0 saturated heterocycles. The van der Waals surface area contributed by atoms with E-state index in [1.807, 2.05) is 0 Å². The van der Waals surface area contributed by atoms with Crippen molar-refractivity contribution in [2.75, 3.05) is 0 Å². The van der Waals surface area contributed by atoms with E-state index in [0.717, 1.165) is 11.2 Å². The standard InChI is InChI=1S/C31H25N/c1-31(2,3)22-13-14-24-21(18-22)12-16-29-27(24)15-17-30(32-29)28-19-20-8-4-5-9-23(20)25-10-6-7-11-26(25)28/h4-19H,1-3H3. The highest BCUT2D eigenvalue weighted by molar-refractivity contribution is 6.14. The Morgan fingerprint density at radius 1 is 0.531 bits per heavy atom. The number of hydrogen-bond acceptors (Lipinski definition) is 1. The SMILES string of the molecule is CC(C)(C)c1ccc2c(ccc3nc(-c4cc5ccccc5c5ccccc45)ccc32)c1. The van der Waals surface area contributed by atoms with Crippen molar-refractivity contribution in [2.45, 2.75) is 26.2 Å². The fourth-order valence-corrected chi connectivity index (χ4v) is 4.83. The van der Waals surface area contributed by atoms with Crippen molar-refractivity contribution in [2.24, 2.45) is 0 Å². The molecule has 0 bridgehead atoms. The molecule has 1 heterocycles. The summed E-state index contributed by atoms with van der Waals surface area (Å²) < 4.78 is 0. The zero-order chi connectivity index (χ0) is 21.9. The molecule has 6 aromatic rings.